The van der Waals surface area contributed by atoms with Gasteiger partial charge in [0.25, 0.3) is 0 Å². The summed E-state index contributed by atoms with van der Waals surface area (Å²) >= 11 is 0. The number of hydrogen-bond acceptors (Lipinski definition) is 6. The van der Waals surface area contributed by atoms with Crippen molar-refractivity contribution in [3.63, 3.8) is 0 Å². The smallest absolute Gasteiger partial charge is 0.306 e. The van der Waals surface area contributed by atoms with Gasteiger partial charge in [0.1, 0.15) is 13.2 Å². The van der Waals surface area contributed by atoms with Gasteiger partial charge in [-0.15, -0.1) is 0 Å². The number of allylic oxidation sites excluding steroid dienone is 8. The lowest BCUT2D eigenvalue weighted by Gasteiger charge is -2.18. The first kappa shape index (κ1) is 66.4. The number of ether oxygens (including phenoxy) is 3. The fourth-order valence-electron chi connectivity index (χ4n) is 8.74. The zero-order valence-corrected chi connectivity index (χ0v) is 46.1. The minimum atomic E-state index is -0.781. The fraction of sp³-hybridized carbons (Fsp3) is 0.825. The van der Waals surface area contributed by atoms with Crippen molar-refractivity contribution in [3.8, 4) is 0 Å². The molecule has 402 valence electrons. The van der Waals surface area contributed by atoms with Crippen LogP contribution in [0.3, 0.4) is 0 Å². The third kappa shape index (κ3) is 56.2. The molecule has 0 fully saturated rings. The lowest BCUT2D eigenvalue weighted by molar-refractivity contribution is -0.167. The van der Waals surface area contributed by atoms with Gasteiger partial charge in [0.05, 0.1) is 0 Å². The van der Waals surface area contributed by atoms with Gasteiger partial charge in [-0.05, 0) is 83.5 Å². The zero-order valence-electron chi connectivity index (χ0n) is 46.1. The van der Waals surface area contributed by atoms with Gasteiger partial charge in [0.15, 0.2) is 6.10 Å². The quantitative estimate of drug-likeness (QED) is 0.0262. The Morgan fingerprint density at radius 1 is 0.290 bits per heavy atom. The maximum atomic E-state index is 12.9. The van der Waals surface area contributed by atoms with Crippen LogP contribution in [0.15, 0.2) is 48.6 Å². The topological polar surface area (TPSA) is 78.9 Å². The summed E-state index contributed by atoms with van der Waals surface area (Å²) in [6, 6.07) is 0. The molecule has 0 saturated heterocycles. The average Bonchev–Trinajstić information content (AvgIpc) is 3.35. The molecule has 0 aliphatic carbocycles. The second-order valence-electron chi connectivity index (χ2n) is 20.3. The first-order valence-electron chi connectivity index (χ1n) is 30.1. The molecule has 6 heteroatoms. The van der Waals surface area contributed by atoms with Crippen molar-refractivity contribution in [3.05, 3.63) is 48.6 Å². The van der Waals surface area contributed by atoms with Crippen molar-refractivity contribution in [2.75, 3.05) is 13.2 Å². The van der Waals surface area contributed by atoms with E-state index >= 15 is 0 Å². The van der Waals surface area contributed by atoms with Crippen molar-refractivity contribution in [1.82, 2.24) is 0 Å². The highest BCUT2D eigenvalue weighted by molar-refractivity contribution is 5.71. The number of esters is 3. The Labute approximate surface area is 428 Å². The summed E-state index contributed by atoms with van der Waals surface area (Å²) in [4.78, 5) is 38.2. The number of hydrogen-bond donors (Lipinski definition) is 0. The van der Waals surface area contributed by atoms with Crippen LogP contribution in [-0.4, -0.2) is 37.2 Å². The molecule has 1 atom stereocenters. The van der Waals surface area contributed by atoms with Gasteiger partial charge in [-0.2, -0.15) is 0 Å². The highest BCUT2D eigenvalue weighted by Crippen LogP contribution is 2.17. The van der Waals surface area contributed by atoms with Gasteiger partial charge in [0, 0.05) is 19.3 Å². The van der Waals surface area contributed by atoms with Crippen molar-refractivity contribution in [1.29, 1.82) is 0 Å². The van der Waals surface area contributed by atoms with Crippen LogP contribution < -0.4 is 0 Å². The van der Waals surface area contributed by atoms with E-state index in [0.29, 0.717) is 19.3 Å². The molecule has 0 aliphatic rings. The summed E-state index contributed by atoms with van der Waals surface area (Å²) in [6.45, 7) is 6.61. The van der Waals surface area contributed by atoms with Crippen molar-refractivity contribution >= 4 is 17.9 Å². The van der Waals surface area contributed by atoms with E-state index in [1.54, 1.807) is 0 Å². The SMILES string of the molecule is CCCCC/C=C\C/C=C\C/C=C\CCCCCCCCC(=O)OC(COC(=O)CCCCCCC/C=C\CCCCC)COC(=O)CCCCCCCCCCCCCCCCCCCCCC. The van der Waals surface area contributed by atoms with Gasteiger partial charge in [-0.3, -0.25) is 14.4 Å². The van der Waals surface area contributed by atoms with Gasteiger partial charge in [0.2, 0.25) is 0 Å². The molecule has 0 aromatic rings. The van der Waals surface area contributed by atoms with Crippen LogP contribution in [0.4, 0.5) is 0 Å². The Hall–Kier alpha value is -2.63. The molecule has 0 aliphatic heterocycles. The van der Waals surface area contributed by atoms with Crippen LogP contribution in [0, 0.1) is 0 Å². The molecule has 0 rings (SSSR count). The molecule has 0 aromatic heterocycles. The Kier molecular flexibility index (Phi) is 55.7. The van der Waals surface area contributed by atoms with Crippen LogP contribution in [0.5, 0.6) is 0 Å². The Morgan fingerprint density at radius 2 is 0.522 bits per heavy atom. The third-order valence-corrected chi connectivity index (χ3v) is 13.3. The molecule has 0 N–H and O–H groups in total. The Morgan fingerprint density at radius 3 is 0.855 bits per heavy atom. The Bertz CT molecular complexity index is 1200. The molecule has 0 spiro atoms. The molecular weight excluding hydrogens is 853 g/mol. The van der Waals surface area contributed by atoms with Gasteiger partial charge < -0.3 is 14.2 Å². The predicted molar refractivity (Wildman–Crippen MR) is 298 cm³/mol. The lowest BCUT2D eigenvalue weighted by Crippen LogP contribution is -2.30. The highest BCUT2D eigenvalue weighted by atomic mass is 16.6. The summed E-state index contributed by atoms with van der Waals surface area (Å²) in [6.07, 6.45) is 71.1. The average molecular weight is 968 g/mol. The van der Waals surface area contributed by atoms with E-state index in [1.807, 2.05) is 0 Å². The Balaban J connectivity index is 4.33. The summed E-state index contributed by atoms with van der Waals surface area (Å²) in [5.41, 5.74) is 0. The molecule has 0 saturated carbocycles. The van der Waals surface area contributed by atoms with Crippen LogP contribution in [0.2, 0.25) is 0 Å². The largest absolute Gasteiger partial charge is 0.462 e. The zero-order chi connectivity index (χ0) is 50.0. The van der Waals surface area contributed by atoms with E-state index < -0.39 is 6.10 Å². The minimum absolute atomic E-state index is 0.0780. The number of unbranched alkanes of at least 4 members (excludes halogenated alkanes) is 36. The van der Waals surface area contributed by atoms with Crippen LogP contribution >= 0.6 is 0 Å². The van der Waals surface area contributed by atoms with E-state index in [0.717, 1.165) is 89.9 Å². The molecule has 6 nitrogen and oxygen atoms in total. The van der Waals surface area contributed by atoms with E-state index in [9.17, 15) is 14.4 Å². The standard InChI is InChI=1S/C63H114O6/c1-4-7-10-13-16-19-22-25-27-29-31-33-34-36-38-41-44-47-50-53-56-62(65)68-59-60(58-67-61(64)55-52-49-46-43-40-24-21-18-15-12-9-6-3)69-63(66)57-54-51-48-45-42-39-37-35-32-30-28-26-23-20-17-14-11-8-5-2/h17-18,20-21,26,28,32,35,60H,4-16,19,22-25,27,29-31,33-34,36-59H2,1-3H3/b20-17-,21-18-,28-26-,35-32-. The van der Waals surface area contributed by atoms with Crippen LogP contribution in [0.1, 0.15) is 316 Å². The van der Waals surface area contributed by atoms with Gasteiger partial charge >= 0.3 is 17.9 Å². The van der Waals surface area contributed by atoms with Crippen LogP contribution in [0.25, 0.3) is 0 Å². The number of carbonyl (C=O) groups excluding carboxylic acids is 3. The summed E-state index contributed by atoms with van der Waals surface area (Å²) in [5.74, 6) is -0.884. The van der Waals surface area contributed by atoms with E-state index in [-0.39, 0.29) is 31.1 Å². The second-order valence-corrected chi connectivity index (χ2v) is 20.3. The van der Waals surface area contributed by atoms with Gasteiger partial charge in [-0.1, -0.05) is 262 Å². The van der Waals surface area contributed by atoms with E-state index in [1.165, 1.54) is 186 Å². The van der Waals surface area contributed by atoms with Gasteiger partial charge in [-0.25, -0.2) is 0 Å². The highest BCUT2D eigenvalue weighted by Gasteiger charge is 2.19. The molecule has 0 radical (unpaired) electrons. The molecule has 0 bridgehead atoms. The molecular formula is C63H114O6. The summed E-state index contributed by atoms with van der Waals surface area (Å²) < 4.78 is 16.9. The molecule has 69 heavy (non-hydrogen) atoms. The number of rotatable bonds is 55. The third-order valence-electron chi connectivity index (χ3n) is 13.3. The number of carbonyl (C=O) groups is 3. The minimum Gasteiger partial charge on any atom is -0.462 e. The maximum Gasteiger partial charge on any atom is 0.306 e. The van der Waals surface area contributed by atoms with Crippen molar-refractivity contribution < 1.29 is 28.6 Å². The molecule has 1 unspecified atom stereocenters. The van der Waals surface area contributed by atoms with Crippen LogP contribution in [-0.2, 0) is 28.6 Å². The summed E-state index contributed by atoms with van der Waals surface area (Å²) in [5, 5.41) is 0. The maximum absolute atomic E-state index is 12.9. The molecule has 0 amide bonds. The van der Waals surface area contributed by atoms with Crippen molar-refractivity contribution in [2.45, 2.75) is 322 Å². The normalized spacial score (nSPS) is 12.3. The second kappa shape index (κ2) is 57.9. The van der Waals surface area contributed by atoms with E-state index in [4.69, 9.17) is 14.2 Å². The first-order valence-corrected chi connectivity index (χ1v) is 30.1. The fourth-order valence-corrected chi connectivity index (χ4v) is 8.74. The van der Waals surface area contributed by atoms with Crippen molar-refractivity contribution in [2.24, 2.45) is 0 Å². The lowest BCUT2D eigenvalue weighted by atomic mass is 10.0. The predicted octanol–water partition coefficient (Wildman–Crippen LogP) is 20.2. The van der Waals surface area contributed by atoms with E-state index in [2.05, 4.69) is 69.4 Å². The monoisotopic (exact) mass is 967 g/mol. The molecule has 0 heterocycles. The summed E-state index contributed by atoms with van der Waals surface area (Å²) in [7, 11) is 0. The first-order chi connectivity index (χ1) is 34.0. The molecule has 0 aromatic carbocycles.